The van der Waals surface area contributed by atoms with Gasteiger partial charge >= 0.3 is 0 Å². The average Bonchev–Trinajstić information content (AvgIpc) is 3.55. The summed E-state index contributed by atoms with van der Waals surface area (Å²) in [5.41, 5.74) is 2.60. The zero-order valence-electron chi connectivity index (χ0n) is 18.1. The molecule has 0 aliphatic heterocycles. The van der Waals surface area contributed by atoms with Crippen molar-refractivity contribution in [3.8, 4) is 0 Å². The van der Waals surface area contributed by atoms with Crippen LogP contribution in [0.2, 0.25) is 0 Å². The van der Waals surface area contributed by atoms with Crippen molar-refractivity contribution in [3.63, 3.8) is 0 Å². The fourth-order valence-electron chi connectivity index (χ4n) is 3.86. The van der Waals surface area contributed by atoms with Crippen molar-refractivity contribution in [2.45, 2.75) is 36.6 Å². The van der Waals surface area contributed by atoms with E-state index in [1.165, 1.54) is 18.4 Å². The number of carbonyl (C=O) groups is 1. The number of nitrogens with one attached hydrogen (secondary N) is 1. The van der Waals surface area contributed by atoms with E-state index in [1.54, 1.807) is 18.2 Å². The zero-order chi connectivity index (χ0) is 22.2. The lowest BCUT2D eigenvalue weighted by atomic mass is 10.0. The van der Waals surface area contributed by atoms with Gasteiger partial charge in [0.2, 0.25) is 15.9 Å². The van der Waals surface area contributed by atoms with Crippen LogP contribution in [0.25, 0.3) is 11.0 Å². The minimum Gasteiger partial charge on any atom is -0.349 e. The lowest BCUT2D eigenvalue weighted by Gasteiger charge is -2.18. The Bertz CT molecular complexity index is 1200. The molecule has 0 unspecified atom stereocenters. The molecule has 31 heavy (non-hydrogen) atoms. The zero-order valence-corrected chi connectivity index (χ0v) is 18.9. The molecule has 1 heterocycles. The molecule has 0 saturated heterocycles. The van der Waals surface area contributed by atoms with Crippen molar-refractivity contribution in [2.75, 3.05) is 14.1 Å². The molecule has 164 valence electrons. The van der Waals surface area contributed by atoms with Gasteiger partial charge in [-0.2, -0.15) is 0 Å². The summed E-state index contributed by atoms with van der Waals surface area (Å²) in [6.07, 6.45) is 3.10. The predicted molar refractivity (Wildman–Crippen MR) is 120 cm³/mol. The van der Waals surface area contributed by atoms with Crippen LogP contribution in [-0.4, -0.2) is 42.3 Å². The van der Waals surface area contributed by atoms with Crippen LogP contribution in [0.3, 0.4) is 0 Å². The normalized spacial score (nSPS) is 15.4. The van der Waals surface area contributed by atoms with E-state index in [-0.39, 0.29) is 16.8 Å². The summed E-state index contributed by atoms with van der Waals surface area (Å²) < 4.78 is 27.9. The minimum absolute atomic E-state index is 0.00341. The summed E-state index contributed by atoms with van der Waals surface area (Å²) in [7, 11) is 1.38. The molecular weight excluding hydrogens is 412 g/mol. The molecule has 1 amide bonds. The number of carbonyl (C=O) groups excluding carboxylic acids is 1. The first-order valence-electron chi connectivity index (χ1n) is 10.5. The molecule has 1 N–H and O–H groups in total. The topological polar surface area (TPSA) is 84.3 Å². The number of benzene rings is 2. The largest absolute Gasteiger partial charge is 0.349 e. The van der Waals surface area contributed by atoms with Gasteiger partial charge in [0, 0.05) is 34.0 Å². The summed E-state index contributed by atoms with van der Waals surface area (Å²) >= 11 is 0. The molecule has 0 spiro atoms. The van der Waals surface area contributed by atoms with Gasteiger partial charge in [-0.15, -0.1) is 0 Å². The molecule has 8 heteroatoms. The van der Waals surface area contributed by atoms with E-state index >= 15 is 0 Å². The third-order valence-corrected chi connectivity index (χ3v) is 7.68. The van der Waals surface area contributed by atoms with E-state index < -0.39 is 10.0 Å². The SMILES string of the molecule is CN(C)S(=O)(=O)c1ccc2c(c1)nc(CCC(=O)N[C@H](c1ccccc1)C1CC1)n2C. The number of rotatable bonds is 8. The molecule has 0 radical (unpaired) electrons. The Morgan fingerprint density at radius 2 is 1.90 bits per heavy atom. The van der Waals surface area contributed by atoms with Crippen molar-refractivity contribution in [1.29, 1.82) is 0 Å². The number of hydrogen-bond donors (Lipinski definition) is 1. The molecule has 2 aromatic carbocycles. The predicted octanol–water partition coefficient (Wildman–Crippen LogP) is 3.02. The second-order valence-corrected chi connectivity index (χ2v) is 10.5. The number of imidazole rings is 1. The molecule has 1 fully saturated rings. The van der Waals surface area contributed by atoms with E-state index in [0.717, 1.165) is 29.7 Å². The molecule has 1 saturated carbocycles. The molecule has 1 aliphatic carbocycles. The van der Waals surface area contributed by atoms with Crippen LogP contribution in [0, 0.1) is 5.92 Å². The van der Waals surface area contributed by atoms with Gasteiger partial charge in [0.25, 0.3) is 0 Å². The van der Waals surface area contributed by atoms with E-state index in [0.29, 0.717) is 24.3 Å². The van der Waals surface area contributed by atoms with Crippen LogP contribution in [0.4, 0.5) is 0 Å². The van der Waals surface area contributed by atoms with Gasteiger partial charge < -0.3 is 9.88 Å². The summed E-state index contributed by atoms with van der Waals surface area (Å²) in [6.45, 7) is 0. The van der Waals surface area contributed by atoms with Crippen molar-refractivity contribution >= 4 is 27.0 Å². The number of hydrogen-bond acceptors (Lipinski definition) is 4. The Balaban J connectivity index is 1.47. The maximum Gasteiger partial charge on any atom is 0.242 e. The Kier molecular flexibility index (Phi) is 5.85. The highest BCUT2D eigenvalue weighted by molar-refractivity contribution is 7.89. The summed E-state index contributed by atoms with van der Waals surface area (Å²) in [6, 6.07) is 15.1. The highest BCUT2D eigenvalue weighted by Gasteiger charge is 2.33. The number of amides is 1. The molecule has 4 rings (SSSR count). The molecule has 1 aliphatic rings. The highest BCUT2D eigenvalue weighted by Crippen LogP contribution is 2.41. The van der Waals surface area contributed by atoms with Crippen molar-refractivity contribution in [2.24, 2.45) is 13.0 Å². The third-order valence-electron chi connectivity index (χ3n) is 5.87. The van der Waals surface area contributed by atoms with Gasteiger partial charge in [-0.25, -0.2) is 17.7 Å². The maximum atomic E-state index is 12.7. The Labute approximate surface area is 183 Å². The number of aryl methyl sites for hydroxylation is 2. The van der Waals surface area contributed by atoms with E-state index in [1.807, 2.05) is 29.8 Å². The fourth-order valence-corrected chi connectivity index (χ4v) is 4.78. The van der Waals surface area contributed by atoms with Crippen molar-refractivity contribution in [3.05, 3.63) is 59.9 Å². The molecule has 1 aromatic heterocycles. The Morgan fingerprint density at radius 1 is 1.19 bits per heavy atom. The van der Waals surface area contributed by atoms with Gasteiger partial charge in [-0.3, -0.25) is 4.79 Å². The molecule has 7 nitrogen and oxygen atoms in total. The number of sulfonamides is 1. The van der Waals surface area contributed by atoms with Gasteiger partial charge in [0.1, 0.15) is 5.82 Å². The fraction of sp³-hybridized carbons (Fsp3) is 0.391. The van der Waals surface area contributed by atoms with Crippen LogP contribution in [0.15, 0.2) is 53.4 Å². The second-order valence-electron chi connectivity index (χ2n) is 8.32. The Hall–Kier alpha value is -2.71. The molecule has 0 bridgehead atoms. The third kappa shape index (κ3) is 4.50. The monoisotopic (exact) mass is 440 g/mol. The molecule has 1 atom stereocenters. The maximum absolute atomic E-state index is 12.7. The quantitative estimate of drug-likeness (QED) is 0.584. The number of aromatic nitrogens is 2. The summed E-state index contributed by atoms with van der Waals surface area (Å²) in [5, 5.41) is 3.20. The van der Waals surface area contributed by atoms with Crippen molar-refractivity contribution in [1.82, 2.24) is 19.2 Å². The first kappa shape index (κ1) is 21.5. The van der Waals surface area contributed by atoms with Crippen LogP contribution < -0.4 is 5.32 Å². The van der Waals surface area contributed by atoms with E-state index in [9.17, 15) is 13.2 Å². The van der Waals surface area contributed by atoms with Gasteiger partial charge in [0.15, 0.2) is 0 Å². The Morgan fingerprint density at radius 3 is 2.55 bits per heavy atom. The number of nitrogens with zero attached hydrogens (tertiary/aromatic N) is 3. The smallest absolute Gasteiger partial charge is 0.242 e. The highest BCUT2D eigenvalue weighted by atomic mass is 32.2. The standard InChI is InChI=1S/C23H28N4O3S/c1-26(2)31(29,30)18-11-12-20-19(15-18)24-21(27(20)3)13-14-22(28)25-23(17-9-10-17)16-7-5-4-6-8-16/h4-8,11-12,15,17,23H,9-10,13-14H2,1-3H3,(H,25,28)/t23-/m1/s1. The molecular formula is C23H28N4O3S. The van der Waals surface area contributed by atoms with Crippen LogP contribution in [-0.2, 0) is 28.3 Å². The second kappa shape index (κ2) is 8.43. The van der Waals surface area contributed by atoms with Crippen LogP contribution >= 0.6 is 0 Å². The van der Waals surface area contributed by atoms with Crippen LogP contribution in [0.1, 0.15) is 36.7 Å². The lowest BCUT2D eigenvalue weighted by molar-refractivity contribution is -0.122. The number of fused-ring (bicyclic) bond motifs is 1. The van der Waals surface area contributed by atoms with Crippen LogP contribution in [0.5, 0.6) is 0 Å². The summed E-state index contributed by atoms with van der Waals surface area (Å²) in [5.74, 6) is 1.27. The minimum atomic E-state index is -3.52. The van der Waals surface area contributed by atoms with Gasteiger partial charge in [0.05, 0.1) is 22.0 Å². The van der Waals surface area contributed by atoms with Crippen molar-refractivity contribution < 1.29 is 13.2 Å². The first-order valence-corrected chi connectivity index (χ1v) is 11.9. The average molecular weight is 441 g/mol. The first-order chi connectivity index (χ1) is 14.8. The lowest BCUT2D eigenvalue weighted by Crippen LogP contribution is -2.30. The molecule has 3 aromatic rings. The van der Waals surface area contributed by atoms with E-state index in [2.05, 4.69) is 22.4 Å². The van der Waals surface area contributed by atoms with Gasteiger partial charge in [-0.05, 0) is 42.5 Å². The summed E-state index contributed by atoms with van der Waals surface area (Å²) in [4.78, 5) is 17.5. The van der Waals surface area contributed by atoms with E-state index in [4.69, 9.17) is 0 Å². The van der Waals surface area contributed by atoms with Gasteiger partial charge in [-0.1, -0.05) is 30.3 Å².